The van der Waals surface area contributed by atoms with E-state index in [1.54, 1.807) is 0 Å². The lowest BCUT2D eigenvalue weighted by atomic mass is 9.96. The first-order chi connectivity index (χ1) is 12.0. The molecule has 0 saturated carbocycles. The van der Waals surface area contributed by atoms with E-state index in [4.69, 9.17) is 0 Å². The van der Waals surface area contributed by atoms with Crippen molar-refractivity contribution >= 4 is 5.97 Å². The Labute approximate surface area is 147 Å². The van der Waals surface area contributed by atoms with E-state index in [9.17, 15) is 53.1 Å². The van der Waals surface area contributed by atoms with Crippen molar-refractivity contribution in [3.05, 3.63) is 0 Å². The molecular weight excluding hydrogens is 409 g/mol. The van der Waals surface area contributed by atoms with Crippen molar-refractivity contribution in [3.63, 3.8) is 0 Å². The maximum atomic E-state index is 13.3. The average Bonchev–Trinajstić information content (AvgIpc) is 2.48. The van der Waals surface area contributed by atoms with Gasteiger partial charge in [0.2, 0.25) is 0 Å². The molecule has 0 saturated heterocycles. The van der Waals surface area contributed by atoms with Crippen LogP contribution in [0, 0.1) is 0 Å². The maximum absolute atomic E-state index is 13.3. The quantitative estimate of drug-likeness (QED) is 0.230. The van der Waals surface area contributed by atoms with Gasteiger partial charge >= 0.3 is 35.8 Å². The molecule has 0 aromatic heterocycles. The number of hydrogen-bond acceptors (Lipinski definition) is 2. The molecule has 27 heavy (non-hydrogen) atoms. The summed E-state index contributed by atoms with van der Waals surface area (Å²) >= 11 is 0. The normalized spacial score (nSPS) is 14.4. The molecule has 2 nitrogen and oxygen atoms in total. The summed E-state index contributed by atoms with van der Waals surface area (Å²) in [6.45, 7) is 1.35. The van der Waals surface area contributed by atoms with Crippen LogP contribution in [0.25, 0.3) is 0 Å². The molecule has 0 unspecified atom stereocenters. The van der Waals surface area contributed by atoms with Crippen LogP contribution in [0.4, 0.5) is 48.3 Å². The number of ether oxygens (including phenoxy) is 1. The molecule has 0 heterocycles. The van der Waals surface area contributed by atoms with E-state index in [-0.39, 0.29) is 6.42 Å². The molecule has 0 fully saturated rings. The van der Waals surface area contributed by atoms with Crippen LogP contribution in [0.2, 0.25) is 0 Å². The Bertz CT molecular complexity index is 486. The van der Waals surface area contributed by atoms with Gasteiger partial charge in [0.1, 0.15) is 6.42 Å². The summed E-state index contributed by atoms with van der Waals surface area (Å²) in [6, 6.07) is 0. The molecule has 0 amide bonds. The molecule has 0 rings (SSSR count). The SMILES string of the molecule is CCCCCCCOC(=O)CC(F)(F)C(F)(F)C(F)(F)C(F)(F)C(F)(F)F. The lowest BCUT2D eigenvalue weighted by molar-refractivity contribution is -0.421. The van der Waals surface area contributed by atoms with Crippen molar-refractivity contribution in [1.82, 2.24) is 0 Å². The minimum atomic E-state index is -7.51. The van der Waals surface area contributed by atoms with Gasteiger partial charge in [-0.05, 0) is 6.42 Å². The first-order valence-corrected chi connectivity index (χ1v) is 7.69. The minimum absolute atomic E-state index is 0.135. The van der Waals surface area contributed by atoms with Crippen LogP contribution >= 0.6 is 0 Å². The van der Waals surface area contributed by atoms with Gasteiger partial charge in [0.25, 0.3) is 0 Å². The zero-order valence-electron chi connectivity index (χ0n) is 13.9. The average molecular weight is 426 g/mol. The number of rotatable bonds is 11. The standard InChI is InChI=1S/C14H17F11O2/c1-2-3-4-5-6-7-27-9(26)8-10(15,16)11(17,18)12(19,20)13(21,22)14(23,24)25/h2-8H2,1H3. The number of carbonyl (C=O) groups excluding carboxylic acids is 1. The van der Waals surface area contributed by atoms with E-state index in [0.29, 0.717) is 12.8 Å². The van der Waals surface area contributed by atoms with Gasteiger partial charge in [0.05, 0.1) is 6.61 Å². The summed E-state index contributed by atoms with van der Waals surface area (Å²) in [4.78, 5) is 11.1. The van der Waals surface area contributed by atoms with Crippen molar-refractivity contribution in [2.45, 2.75) is 75.3 Å². The molecule has 0 atom stereocenters. The van der Waals surface area contributed by atoms with E-state index in [1.165, 1.54) is 0 Å². The van der Waals surface area contributed by atoms with Gasteiger partial charge in [-0.15, -0.1) is 0 Å². The first kappa shape index (κ1) is 25.7. The summed E-state index contributed by atoms with van der Waals surface area (Å²) in [6.07, 6.45) is -7.08. The molecule has 13 heteroatoms. The predicted molar refractivity (Wildman–Crippen MR) is 70.2 cm³/mol. The monoisotopic (exact) mass is 426 g/mol. The zero-order chi connectivity index (χ0) is 21.7. The second-order valence-corrected chi connectivity index (χ2v) is 5.74. The van der Waals surface area contributed by atoms with Gasteiger partial charge < -0.3 is 4.74 Å². The Morgan fingerprint density at radius 1 is 0.704 bits per heavy atom. The van der Waals surface area contributed by atoms with Crippen molar-refractivity contribution in [2.75, 3.05) is 6.61 Å². The molecule has 0 N–H and O–H groups in total. The largest absolute Gasteiger partial charge is 0.466 e. The molecule has 0 aliphatic carbocycles. The summed E-state index contributed by atoms with van der Waals surface area (Å²) in [5, 5.41) is 0. The predicted octanol–water partition coefficient (Wildman–Crippen LogP) is 5.99. The van der Waals surface area contributed by atoms with Gasteiger partial charge in [-0.2, -0.15) is 48.3 Å². The third-order valence-corrected chi connectivity index (χ3v) is 3.48. The van der Waals surface area contributed by atoms with Gasteiger partial charge in [-0.1, -0.05) is 32.6 Å². The number of alkyl halides is 11. The van der Waals surface area contributed by atoms with Gasteiger partial charge in [0, 0.05) is 0 Å². The van der Waals surface area contributed by atoms with Crippen LogP contribution < -0.4 is 0 Å². The molecule has 0 aliphatic heterocycles. The van der Waals surface area contributed by atoms with Crippen LogP contribution in [0.15, 0.2) is 0 Å². The lowest BCUT2D eigenvalue weighted by Gasteiger charge is -2.36. The molecule has 0 aliphatic rings. The second-order valence-electron chi connectivity index (χ2n) is 5.74. The summed E-state index contributed by atoms with van der Waals surface area (Å²) in [5.41, 5.74) is 0. The summed E-state index contributed by atoms with van der Waals surface area (Å²) in [5.74, 6) is -30.5. The van der Waals surface area contributed by atoms with Gasteiger partial charge in [0.15, 0.2) is 0 Å². The van der Waals surface area contributed by atoms with Crippen LogP contribution in [0.3, 0.4) is 0 Å². The number of carbonyl (C=O) groups is 1. The topological polar surface area (TPSA) is 26.3 Å². The van der Waals surface area contributed by atoms with E-state index >= 15 is 0 Å². The molecule has 0 aromatic carbocycles. The Hall–Kier alpha value is -1.30. The Morgan fingerprint density at radius 2 is 1.19 bits per heavy atom. The smallest absolute Gasteiger partial charge is 0.460 e. The molecule has 0 aromatic rings. The fraction of sp³-hybridized carbons (Fsp3) is 0.929. The van der Waals surface area contributed by atoms with Crippen molar-refractivity contribution in [3.8, 4) is 0 Å². The highest BCUT2D eigenvalue weighted by Crippen LogP contribution is 2.57. The summed E-state index contributed by atoms with van der Waals surface area (Å²) in [7, 11) is 0. The third kappa shape index (κ3) is 5.59. The molecule has 0 bridgehead atoms. The van der Waals surface area contributed by atoms with Crippen molar-refractivity contribution in [2.24, 2.45) is 0 Å². The van der Waals surface area contributed by atoms with E-state index in [2.05, 4.69) is 4.74 Å². The Balaban J connectivity index is 5.08. The number of halogens is 11. The number of esters is 1. The molecule has 0 spiro atoms. The Kier molecular flexibility index (Phi) is 8.38. The van der Waals surface area contributed by atoms with E-state index in [1.807, 2.05) is 6.92 Å². The van der Waals surface area contributed by atoms with Crippen molar-refractivity contribution in [1.29, 1.82) is 0 Å². The maximum Gasteiger partial charge on any atom is 0.460 e. The fourth-order valence-electron chi connectivity index (χ4n) is 1.84. The second kappa shape index (κ2) is 8.80. The van der Waals surface area contributed by atoms with Crippen LogP contribution in [-0.2, 0) is 9.53 Å². The highest BCUT2D eigenvalue weighted by atomic mass is 19.4. The van der Waals surface area contributed by atoms with Gasteiger partial charge in [-0.25, -0.2) is 0 Å². The highest BCUT2D eigenvalue weighted by molar-refractivity contribution is 5.70. The molecule has 0 radical (unpaired) electrons. The van der Waals surface area contributed by atoms with Crippen LogP contribution in [0.1, 0.15) is 45.4 Å². The molecule has 162 valence electrons. The highest BCUT2D eigenvalue weighted by Gasteiger charge is 2.87. The van der Waals surface area contributed by atoms with Gasteiger partial charge in [-0.3, -0.25) is 4.79 Å². The summed E-state index contributed by atoms with van der Waals surface area (Å²) < 4.78 is 144. The van der Waals surface area contributed by atoms with E-state index in [0.717, 1.165) is 12.8 Å². The van der Waals surface area contributed by atoms with Crippen LogP contribution in [0.5, 0.6) is 0 Å². The zero-order valence-corrected chi connectivity index (χ0v) is 13.9. The lowest BCUT2D eigenvalue weighted by Crippen LogP contribution is -2.66. The Morgan fingerprint density at radius 3 is 1.63 bits per heavy atom. The fourth-order valence-corrected chi connectivity index (χ4v) is 1.84. The minimum Gasteiger partial charge on any atom is -0.466 e. The number of unbranched alkanes of at least 4 members (excludes halogenated alkanes) is 4. The van der Waals surface area contributed by atoms with Crippen molar-refractivity contribution < 1.29 is 57.8 Å². The van der Waals surface area contributed by atoms with E-state index < -0.39 is 48.9 Å². The molecular formula is C14H17F11O2. The third-order valence-electron chi connectivity index (χ3n) is 3.48. The number of hydrogen-bond donors (Lipinski definition) is 0. The van der Waals surface area contributed by atoms with Crippen LogP contribution in [-0.4, -0.2) is 42.4 Å². The first-order valence-electron chi connectivity index (χ1n) is 7.69.